The molecule has 3 nitrogen and oxygen atoms in total. The number of hydrogen-bond donors (Lipinski definition) is 1. The first kappa shape index (κ1) is 12.0. The SMILES string of the molecule is CC1=CCN(C(=O)NCCC(C)F)CC1. The minimum Gasteiger partial charge on any atom is -0.338 e. The van der Waals surface area contributed by atoms with Crippen LogP contribution < -0.4 is 5.32 Å². The molecule has 0 spiro atoms. The lowest BCUT2D eigenvalue weighted by atomic mass is 10.1. The Balaban J connectivity index is 2.23. The highest BCUT2D eigenvalue weighted by Crippen LogP contribution is 2.09. The number of rotatable bonds is 3. The summed E-state index contributed by atoms with van der Waals surface area (Å²) < 4.78 is 12.5. The quantitative estimate of drug-likeness (QED) is 0.717. The summed E-state index contributed by atoms with van der Waals surface area (Å²) in [6, 6.07) is -0.0839. The van der Waals surface area contributed by atoms with E-state index in [4.69, 9.17) is 0 Å². The molecule has 1 rings (SSSR count). The number of amides is 2. The zero-order valence-electron chi connectivity index (χ0n) is 9.42. The number of halogens is 1. The highest BCUT2D eigenvalue weighted by molar-refractivity contribution is 5.74. The Morgan fingerprint density at radius 2 is 2.47 bits per heavy atom. The van der Waals surface area contributed by atoms with E-state index in [0.717, 1.165) is 13.0 Å². The average Bonchev–Trinajstić information content (AvgIpc) is 2.18. The molecular weight excluding hydrogens is 195 g/mol. The summed E-state index contributed by atoms with van der Waals surface area (Å²) in [4.78, 5) is 13.3. The number of urea groups is 1. The van der Waals surface area contributed by atoms with E-state index >= 15 is 0 Å². The maximum absolute atomic E-state index is 12.5. The van der Waals surface area contributed by atoms with E-state index in [2.05, 4.69) is 18.3 Å². The van der Waals surface area contributed by atoms with Crippen LogP contribution >= 0.6 is 0 Å². The molecule has 0 bridgehead atoms. The summed E-state index contributed by atoms with van der Waals surface area (Å²) in [7, 11) is 0. The van der Waals surface area contributed by atoms with Gasteiger partial charge in [0.2, 0.25) is 0 Å². The number of nitrogens with one attached hydrogen (secondary N) is 1. The van der Waals surface area contributed by atoms with Gasteiger partial charge >= 0.3 is 6.03 Å². The van der Waals surface area contributed by atoms with Gasteiger partial charge in [0.05, 0.1) is 6.17 Å². The predicted molar refractivity (Wildman–Crippen MR) is 58.5 cm³/mol. The van der Waals surface area contributed by atoms with Crippen molar-refractivity contribution in [3.05, 3.63) is 11.6 Å². The van der Waals surface area contributed by atoms with Gasteiger partial charge in [-0.3, -0.25) is 0 Å². The van der Waals surface area contributed by atoms with Crippen LogP contribution in [0.2, 0.25) is 0 Å². The van der Waals surface area contributed by atoms with Crippen LogP contribution in [-0.4, -0.2) is 36.7 Å². The highest BCUT2D eigenvalue weighted by Gasteiger charge is 2.14. The highest BCUT2D eigenvalue weighted by atomic mass is 19.1. The molecule has 1 atom stereocenters. The van der Waals surface area contributed by atoms with Crippen LogP contribution in [0.1, 0.15) is 26.7 Å². The van der Waals surface area contributed by atoms with Crippen LogP contribution in [0.15, 0.2) is 11.6 Å². The fourth-order valence-corrected chi connectivity index (χ4v) is 1.44. The molecule has 0 fully saturated rings. The fourth-order valence-electron chi connectivity index (χ4n) is 1.44. The number of alkyl halides is 1. The minimum absolute atomic E-state index is 0.0839. The molecular formula is C11H19FN2O. The molecule has 1 heterocycles. The van der Waals surface area contributed by atoms with E-state index in [1.807, 2.05) is 0 Å². The van der Waals surface area contributed by atoms with Crippen LogP contribution in [0.5, 0.6) is 0 Å². The van der Waals surface area contributed by atoms with E-state index in [9.17, 15) is 9.18 Å². The molecule has 0 aromatic heterocycles. The maximum atomic E-state index is 12.5. The van der Waals surface area contributed by atoms with Crippen molar-refractivity contribution in [1.82, 2.24) is 10.2 Å². The summed E-state index contributed by atoms with van der Waals surface area (Å²) in [5, 5.41) is 2.72. The molecule has 1 aliphatic rings. The second-order valence-corrected chi connectivity index (χ2v) is 4.05. The van der Waals surface area contributed by atoms with E-state index < -0.39 is 6.17 Å². The summed E-state index contributed by atoms with van der Waals surface area (Å²) in [5.41, 5.74) is 1.33. The van der Waals surface area contributed by atoms with Gasteiger partial charge in [-0.15, -0.1) is 0 Å². The maximum Gasteiger partial charge on any atom is 0.317 e. The van der Waals surface area contributed by atoms with Gasteiger partial charge in [0.1, 0.15) is 0 Å². The molecule has 1 unspecified atom stereocenters. The van der Waals surface area contributed by atoms with Gasteiger partial charge in [-0.2, -0.15) is 0 Å². The van der Waals surface area contributed by atoms with Crippen molar-refractivity contribution < 1.29 is 9.18 Å². The van der Waals surface area contributed by atoms with Crippen LogP contribution in [0.3, 0.4) is 0 Å². The van der Waals surface area contributed by atoms with Gasteiger partial charge in [0.25, 0.3) is 0 Å². The molecule has 0 aromatic rings. The Morgan fingerprint density at radius 3 is 3.00 bits per heavy atom. The molecule has 15 heavy (non-hydrogen) atoms. The Kier molecular flexibility index (Phi) is 4.59. The van der Waals surface area contributed by atoms with E-state index in [1.165, 1.54) is 12.5 Å². The number of carbonyl (C=O) groups excluding carboxylic acids is 1. The summed E-state index contributed by atoms with van der Waals surface area (Å²) in [6.45, 7) is 5.41. The molecule has 2 amide bonds. The molecule has 0 saturated carbocycles. The molecule has 1 N–H and O–H groups in total. The normalized spacial score (nSPS) is 18.3. The van der Waals surface area contributed by atoms with Crippen LogP contribution in [0.25, 0.3) is 0 Å². The number of nitrogens with zero attached hydrogens (tertiary/aromatic N) is 1. The van der Waals surface area contributed by atoms with Crippen molar-refractivity contribution in [3.63, 3.8) is 0 Å². The van der Waals surface area contributed by atoms with Gasteiger partial charge in [-0.25, -0.2) is 9.18 Å². The molecule has 0 saturated heterocycles. The molecule has 0 radical (unpaired) electrons. The lowest BCUT2D eigenvalue weighted by molar-refractivity contribution is 0.200. The van der Waals surface area contributed by atoms with E-state index in [0.29, 0.717) is 19.5 Å². The minimum atomic E-state index is -0.853. The third kappa shape index (κ3) is 4.32. The number of carbonyl (C=O) groups is 1. The third-order valence-corrected chi connectivity index (χ3v) is 2.54. The van der Waals surface area contributed by atoms with Gasteiger partial charge in [0, 0.05) is 19.6 Å². The number of hydrogen-bond acceptors (Lipinski definition) is 1. The second kappa shape index (κ2) is 5.73. The first-order valence-electron chi connectivity index (χ1n) is 5.42. The summed E-state index contributed by atoms with van der Waals surface area (Å²) >= 11 is 0. The van der Waals surface area contributed by atoms with Crippen molar-refractivity contribution in [3.8, 4) is 0 Å². The van der Waals surface area contributed by atoms with Crippen molar-refractivity contribution >= 4 is 6.03 Å². The van der Waals surface area contributed by atoms with Crippen molar-refractivity contribution in [2.45, 2.75) is 32.9 Å². The first-order chi connectivity index (χ1) is 7.09. The zero-order chi connectivity index (χ0) is 11.3. The fraction of sp³-hybridized carbons (Fsp3) is 0.727. The average molecular weight is 214 g/mol. The molecule has 0 aromatic carbocycles. The van der Waals surface area contributed by atoms with Crippen molar-refractivity contribution in [1.29, 1.82) is 0 Å². The topological polar surface area (TPSA) is 32.3 Å². The smallest absolute Gasteiger partial charge is 0.317 e. The van der Waals surface area contributed by atoms with Crippen molar-refractivity contribution in [2.24, 2.45) is 0 Å². The Morgan fingerprint density at radius 1 is 1.73 bits per heavy atom. The predicted octanol–water partition coefficient (Wildman–Crippen LogP) is 2.10. The molecule has 1 aliphatic heterocycles. The molecule has 0 aliphatic carbocycles. The Hall–Kier alpha value is -1.06. The van der Waals surface area contributed by atoms with E-state index in [1.54, 1.807) is 4.90 Å². The van der Waals surface area contributed by atoms with Crippen LogP contribution in [0.4, 0.5) is 9.18 Å². The zero-order valence-corrected chi connectivity index (χ0v) is 9.42. The lowest BCUT2D eigenvalue weighted by Gasteiger charge is -2.25. The summed E-state index contributed by atoms with van der Waals surface area (Å²) in [6.07, 6.45) is 2.52. The third-order valence-electron chi connectivity index (χ3n) is 2.54. The lowest BCUT2D eigenvalue weighted by Crippen LogP contribution is -2.42. The molecule has 4 heteroatoms. The van der Waals surface area contributed by atoms with Crippen molar-refractivity contribution in [2.75, 3.05) is 19.6 Å². The van der Waals surface area contributed by atoms with Gasteiger partial charge in [-0.05, 0) is 26.7 Å². The van der Waals surface area contributed by atoms with Crippen LogP contribution in [-0.2, 0) is 0 Å². The van der Waals surface area contributed by atoms with Crippen LogP contribution in [0, 0.1) is 0 Å². The Labute approximate surface area is 90.3 Å². The largest absolute Gasteiger partial charge is 0.338 e. The van der Waals surface area contributed by atoms with E-state index in [-0.39, 0.29) is 6.03 Å². The van der Waals surface area contributed by atoms with Gasteiger partial charge in [-0.1, -0.05) is 11.6 Å². The first-order valence-corrected chi connectivity index (χ1v) is 5.42. The van der Waals surface area contributed by atoms with Gasteiger partial charge in [0.15, 0.2) is 0 Å². The standard InChI is InChI=1S/C11H19FN2O/c1-9-4-7-14(8-5-9)11(15)13-6-3-10(2)12/h4,10H,3,5-8H2,1-2H3,(H,13,15). The second-order valence-electron chi connectivity index (χ2n) is 4.05. The Bertz CT molecular complexity index is 251. The summed E-state index contributed by atoms with van der Waals surface area (Å²) in [5.74, 6) is 0. The molecule has 86 valence electrons. The van der Waals surface area contributed by atoms with Gasteiger partial charge < -0.3 is 10.2 Å². The monoisotopic (exact) mass is 214 g/mol.